The lowest BCUT2D eigenvalue weighted by atomic mass is 10.3. The molecule has 6 nitrogen and oxygen atoms in total. The van der Waals surface area contributed by atoms with E-state index in [0.717, 1.165) is 4.88 Å². The van der Waals surface area contributed by atoms with Gasteiger partial charge in [0, 0.05) is 4.70 Å². The maximum Gasteiger partial charge on any atom is 0.468 e. The van der Waals surface area contributed by atoms with E-state index in [1.807, 2.05) is 0 Å². The average molecular weight is 250 g/mol. The standard InChI is InChI=1S/C10H9N4O2S/c1-7(15)9-3-2-8(17-9)6-14(10(11)16)12-4-5-13-14/h2-4H,6H2,1H3,(H-,11,16)/p+1. The molecule has 17 heavy (non-hydrogen) atoms. The van der Waals surface area contributed by atoms with Crippen molar-refractivity contribution in [1.82, 2.24) is 0 Å². The predicted octanol–water partition coefficient (Wildman–Crippen LogP) is 1.21. The smallest absolute Gasteiger partial charge is 0.315 e. The Labute approximate surface area is 102 Å². The number of urea groups is 1. The second kappa shape index (κ2) is 4.19. The molecule has 0 saturated heterocycles. The topological polar surface area (TPSA) is 84.9 Å². The van der Waals surface area contributed by atoms with Crippen molar-refractivity contribution in [2.24, 2.45) is 15.9 Å². The molecule has 2 N–H and O–H groups in total. The fraction of sp³-hybridized carbons (Fsp3) is 0.200. The van der Waals surface area contributed by atoms with Gasteiger partial charge in [-0.3, -0.25) is 4.79 Å². The number of amides is 2. The van der Waals surface area contributed by atoms with E-state index < -0.39 is 10.7 Å². The zero-order chi connectivity index (χ0) is 12.5. The summed E-state index contributed by atoms with van der Waals surface area (Å²) in [5, 5.41) is 7.73. The minimum absolute atomic E-state index is 0.00754. The first-order valence-corrected chi connectivity index (χ1v) is 5.65. The first-order chi connectivity index (χ1) is 8.03. The molecule has 2 rings (SSSR count). The van der Waals surface area contributed by atoms with Gasteiger partial charge in [-0.2, -0.15) is 0 Å². The highest BCUT2D eigenvalue weighted by molar-refractivity contribution is 7.14. The van der Waals surface area contributed by atoms with Crippen LogP contribution >= 0.6 is 11.3 Å². The van der Waals surface area contributed by atoms with E-state index in [-0.39, 0.29) is 12.3 Å². The molecule has 7 heteroatoms. The molecule has 1 aromatic heterocycles. The van der Waals surface area contributed by atoms with Crippen molar-refractivity contribution in [3.63, 3.8) is 0 Å². The molecule has 0 bridgehead atoms. The van der Waals surface area contributed by atoms with E-state index in [1.165, 1.54) is 24.5 Å². The van der Waals surface area contributed by atoms with Gasteiger partial charge >= 0.3 is 6.03 Å². The second-order valence-corrected chi connectivity index (χ2v) is 4.69. The van der Waals surface area contributed by atoms with Crippen LogP contribution in [0.5, 0.6) is 0 Å². The maximum atomic E-state index is 11.4. The van der Waals surface area contributed by atoms with Crippen LogP contribution in [-0.4, -0.2) is 28.9 Å². The van der Waals surface area contributed by atoms with Gasteiger partial charge in [0.05, 0.1) is 9.75 Å². The third kappa shape index (κ3) is 2.15. The summed E-state index contributed by atoms with van der Waals surface area (Å²) in [5.74, 6) is -0.00754. The van der Waals surface area contributed by atoms with Crippen LogP contribution in [-0.2, 0) is 6.54 Å². The summed E-state index contributed by atoms with van der Waals surface area (Å²) >= 11 is 1.31. The minimum Gasteiger partial charge on any atom is -0.315 e. The molecule has 1 aromatic rings. The number of rotatable bonds is 3. The Balaban J connectivity index is 2.24. The summed E-state index contributed by atoms with van der Waals surface area (Å²) in [5.41, 5.74) is 5.27. The van der Waals surface area contributed by atoms with Crippen LogP contribution < -0.4 is 5.73 Å². The van der Waals surface area contributed by atoms with Crippen LogP contribution in [0.15, 0.2) is 22.3 Å². The maximum absolute atomic E-state index is 11.4. The minimum atomic E-state index is -0.677. The van der Waals surface area contributed by atoms with Gasteiger partial charge < -0.3 is 5.73 Å². The molecule has 2 heterocycles. The third-order valence-electron chi connectivity index (χ3n) is 2.27. The highest BCUT2D eigenvalue weighted by atomic mass is 32.1. The Morgan fingerprint density at radius 2 is 2.29 bits per heavy atom. The van der Waals surface area contributed by atoms with Crippen molar-refractivity contribution in [1.29, 1.82) is 0 Å². The normalized spacial score (nSPS) is 16.3. The van der Waals surface area contributed by atoms with Crippen LogP contribution in [0, 0.1) is 0 Å². The van der Waals surface area contributed by atoms with Crippen LogP contribution in [0.2, 0.25) is 0 Å². The van der Waals surface area contributed by atoms with Crippen molar-refractivity contribution in [2.75, 3.05) is 0 Å². The molecule has 87 valence electrons. The number of nitrogens with two attached hydrogens (primary N) is 1. The lowest BCUT2D eigenvalue weighted by Crippen LogP contribution is -2.44. The van der Waals surface area contributed by atoms with Gasteiger partial charge in [0.2, 0.25) is 0 Å². The molecular formula is C10H10N4O2S+. The molecule has 2 amide bonds. The number of carbonyl (C=O) groups is 2. The number of hydrogen-bond acceptors (Lipinski definition) is 5. The van der Waals surface area contributed by atoms with Crippen LogP contribution in [0.4, 0.5) is 4.79 Å². The lowest BCUT2D eigenvalue weighted by Gasteiger charge is -2.16. The molecule has 1 aliphatic rings. The monoisotopic (exact) mass is 250 g/mol. The zero-order valence-electron chi connectivity index (χ0n) is 9.08. The SMILES string of the molecule is CC(=O)c1ccc(C[N+]2(C(N)=O)N=[C]C=N2)s1. The molecule has 1 radical (unpaired) electrons. The Hall–Kier alpha value is -1.86. The van der Waals surface area contributed by atoms with E-state index in [1.54, 1.807) is 12.1 Å². The van der Waals surface area contributed by atoms with E-state index in [2.05, 4.69) is 16.4 Å². The largest absolute Gasteiger partial charge is 0.468 e. The zero-order valence-corrected chi connectivity index (χ0v) is 9.90. The highest BCUT2D eigenvalue weighted by Gasteiger charge is 2.38. The van der Waals surface area contributed by atoms with Crippen molar-refractivity contribution < 1.29 is 14.3 Å². The average Bonchev–Trinajstić information content (AvgIpc) is 2.88. The molecule has 1 unspecified atom stereocenters. The van der Waals surface area contributed by atoms with Gasteiger partial charge in [0.25, 0.3) is 0 Å². The van der Waals surface area contributed by atoms with Crippen molar-refractivity contribution in [3.05, 3.63) is 21.9 Å². The molecular weight excluding hydrogens is 240 g/mol. The van der Waals surface area contributed by atoms with Crippen LogP contribution in [0.3, 0.4) is 0 Å². The van der Waals surface area contributed by atoms with E-state index >= 15 is 0 Å². The quantitative estimate of drug-likeness (QED) is 0.645. The molecule has 0 spiro atoms. The Kier molecular flexibility index (Phi) is 2.86. The summed E-state index contributed by atoms with van der Waals surface area (Å²) < 4.78 is -0.572. The van der Waals surface area contributed by atoms with Gasteiger partial charge in [-0.15, -0.1) is 11.3 Å². The van der Waals surface area contributed by atoms with Gasteiger partial charge in [0.15, 0.2) is 18.5 Å². The number of primary amides is 1. The van der Waals surface area contributed by atoms with E-state index in [0.29, 0.717) is 4.88 Å². The number of nitrogens with zero attached hydrogens (tertiary/aromatic N) is 3. The number of quaternary nitrogens is 1. The first kappa shape index (κ1) is 11.6. The number of hydrogen-bond donors (Lipinski definition) is 1. The molecule has 1 aliphatic heterocycles. The molecule has 0 aliphatic carbocycles. The van der Waals surface area contributed by atoms with Gasteiger partial charge in [-0.1, -0.05) is 0 Å². The highest BCUT2D eigenvalue weighted by Crippen LogP contribution is 2.24. The summed E-state index contributed by atoms with van der Waals surface area (Å²) in [4.78, 5) is 24.0. The van der Waals surface area contributed by atoms with Gasteiger partial charge in [-0.05, 0) is 29.3 Å². The summed E-state index contributed by atoms with van der Waals surface area (Å²) in [6.45, 7) is 1.70. The number of Topliss-reactive ketones (excluding diaryl/α,β-unsaturated/α-hetero) is 1. The van der Waals surface area contributed by atoms with Crippen LogP contribution in [0.25, 0.3) is 0 Å². The number of carbonyl (C=O) groups excluding carboxylic acids is 2. The predicted molar refractivity (Wildman–Crippen MR) is 63.8 cm³/mol. The summed E-state index contributed by atoms with van der Waals surface area (Å²) in [7, 11) is 0. The van der Waals surface area contributed by atoms with Crippen molar-refractivity contribution >= 4 is 35.6 Å². The summed E-state index contributed by atoms with van der Waals surface area (Å²) in [6, 6.07) is 2.81. The molecule has 0 aromatic carbocycles. The van der Waals surface area contributed by atoms with Gasteiger partial charge in [0.1, 0.15) is 6.21 Å². The number of thiophene rings is 1. The molecule has 0 fully saturated rings. The Bertz CT molecular complexity index is 520. The Morgan fingerprint density at radius 1 is 1.53 bits per heavy atom. The lowest BCUT2D eigenvalue weighted by molar-refractivity contribution is -0.872. The van der Waals surface area contributed by atoms with Crippen LogP contribution in [0.1, 0.15) is 21.5 Å². The van der Waals surface area contributed by atoms with E-state index in [4.69, 9.17) is 5.73 Å². The molecule has 0 saturated carbocycles. The molecule has 1 atom stereocenters. The fourth-order valence-corrected chi connectivity index (χ4v) is 2.34. The van der Waals surface area contributed by atoms with Crippen molar-refractivity contribution in [2.45, 2.75) is 13.5 Å². The van der Waals surface area contributed by atoms with E-state index in [9.17, 15) is 9.59 Å². The number of ketones is 1. The van der Waals surface area contributed by atoms with Gasteiger partial charge in [-0.25, -0.2) is 4.79 Å². The Morgan fingerprint density at radius 3 is 2.76 bits per heavy atom. The first-order valence-electron chi connectivity index (χ1n) is 4.83. The third-order valence-corrected chi connectivity index (χ3v) is 3.44. The fourth-order valence-electron chi connectivity index (χ4n) is 1.40. The summed E-state index contributed by atoms with van der Waals surface area (Å²) in [6.07, 6.45) is 3.80. The van der Waals surface area contributed by atoms with Crippen molar-refractivity contribution in [3.8, 4) is 0 Å². The second-order valence-electron chi connectivity index (χ2n) is 3.52.